The Morgan fingerprint density at radius 3 is 2.42 bits per heavy atom. The first-order valence-corrected chi connectivity index (χ1v) is 8.15. The first-order chi connectivity index (χ1) is 11.6. The fraction of sp³-hybridized carbons (Fsp3) is 0.368. The van der Waals surface area contributed by atoms with E-state index in [1.54, 1.807) is 6.07 Å². The summed E-state index contributed by atoms with van der Waals surface area (Å²) in [5.41, 5.74) is 2.38. The maximum Gasteiger partial charge on any atom is 0.339 e. The van der Waals surface area contributed by atoms with Crippen molar-refractivity contribution in [3.8, 4) is 0 Å². The van der Waals surface area contributed by atoms with E-state index >= 15 is 0 Å². The van der Waals surface area contributed by atoms with Crippen LogP contribution in [0.3, 0.4) is 0 Å². The summed E-state index contributed by atoms with van der Waals surface area (Å²) in [4.78, 5) is 18.4. The van der Waals surface area contributed by atoms with Gasteiger partial charge in [0.25, 0.3) is 0 Å². The van der Waals surface area contributed by atoms with Gasteiger partial charge in [0.15, 0.2) is 0 Å². The molecular weight excluding hydrogens is 307 g/mol. The zero-order valence-corrected chi connectivity index (χ0v) is 14.0. The summed E-state index contributed by atoms with van der Waals surface area (Å²) < 4.78 is 17.8. The molecule has 0 aliphatic carbocycles. The van der Waals surface area contributed by atoms with Gasteiger partial charge in [0, 0.05) is 13.1 Å². The number of halogens is 1. The van der Waals surface area contributed by atoms with Crippen LogP contribution in [0.25, 0.3) is 0 Å². The minimum atomic E-state index is -0.360. The third-order valence-corrected chi connectivity index (χ3v) is 4.64. The van der Waals surface area contributed by atoms with E-state index in [1.807, 2.05) is 25.1 Å². The van der Waals surface area contributed by atoms with Crippen LogP contribution >= 0.6 is 0 Å². The number of aromatic nitrogens is 1. The van der Waals surface area contributed by atoms with Crippen LogP contribution in [-0.2, 0) is 4.74 Å². The number of nitrogens with zero attached hydrogens (tertiary/aromatic N) is 2. The zero-order chi connectivity index (χ0) is 17.1. The summed E-state index contributed by atoms with van der Waals surface area (Å²) in [5, 5.41) is 0. The Morgan fingerprint density at radius 2 is 1.83 bits per heavy atom. The molecule has 0 saturated carbocycles. The molecule has 24 heavy (non-hydrogen) atoms. The van der Waals surface area contributed by atoms with Crippen LogP contribution in [0.2, 0.25) is 0 Å². The van der Waals surface area contributed by atoms with Crippen LogP contribution in [0.4, 0.5) is 10.2 Å². The minimum absolute atomic E-state index is 0.193. The molecule has 126 valence electrons. The third-order valence-electron chi connectivity index (χ3n) is 4.64. The molecule has 1 aliphatic heterocycles. The second-order valence-corrected chi connectivity index (χ2v) is 6.11. The van der Waals surface area contributed by atoms with Gasteiger partial charge in [-0.1, -0.05) is 12.1 Å². The Balaban J connectivity index is 1.67. The van der Waals surface area contributed by atoms with Crippen molar-refractivity contribution in [2.75, 3.05) is 25.1 Å². The second kappa shape index (κ2) is 6.99. The summed E-state index contributed by atoms with van der Waals surface area (Å²) >= 11 is 0. The molecule has 1 saturated heterocycles. The standard InChI is InChI=1S/C19H21FN2O2/c1-13-17(19(23)24-2)7-8-18(21-13)22-11-9-15(10-12-22)14-3-5-16(20)6-4-14/h3-8,15H,9-12H2,1-2H3. The molecule has 0 spiro atoms. The van der Waals surface area contributed by atoms with Gasteiger partial charge in [0.05, 0.1) is 18.4 Å². The number of anilines is 1. The van der Waals surface area contributed by atoms with Crippen LogP contribution < -0.4 is 4.90 Å². The van der Waals surface area contributed by atoms with Gasteiger partial charge in [-0.3, -0.25) is 0 Å². The fourth-order valence-electron chi connectivity index (χ4n) is 3.23. The van der Waals surface area contributed by atoms with Crippen molar-refractivity contribution in [3.05, 3.63) is 59.0 Å². The maximum atomic E-state index is 13.0. The molecule has 0 bridgehead atoms. The lowest BCUT2D eigenvalue weighted by Gasteiger charge is -2.33. The molecule has 0 radical (unpaired) electrons. The summed E-state index contributed by atoms with van der Waals surface area (Å²) in [6, 6.07) is 10.5. The Kier molecular flexibility index (Phi) is 4.79. The highest BCUT2D eigenvalue weighted by Gasteiger charge is 2.22. The van der Waals surface area contributed by atoms with Crippen molar-refractivity contribution in [2.45, 2.75) is 25.7 Å². The smallest absolute Gasteiger partial charge is 0.339 e. The maximum absolute atomic E-state index is 13.0. The molecule has 3 rings (SSSR count). The highest BCUT2D eigenvalue weighted by Crippen LogP contribution is 2.30. The third kappa shape index (κ3) is 3.40. The van der Waals surface area contributed by atoms with Gasteiger partial charge >= 0.3 is 5.97 Å². The first kappa shape index (κ1) is 16.4. The first-order valence-electron chi connectivity index (χ1n) is 8.15. The van der Waals surface area contributed by atoms with Gasteiger partial charge in [0.1, 0.15) is 11.6 Å². The van der Waals surface area contributed by atoms with Gasteiger partial charge in [-0.05, 0) is 55.5 Å². The van der Waals surface area contributed by atoms with Crippen LogP contribution in [0.5, 0.6) is 0 Å². The summed E-state index contributed by atoms with van der Waals surface area (Å²) in [7, 11) is 1.37. The van der Waals surface area contributed by atoms with E-state index in [4.69, 9.17) is 4.74 Å². The lowest BCUT2D eigenvalue weighted by Crippen LogP contribution is -2.33. The SMILES string of the molecule is COC(=O)c1ccc(N2CCC(c3ccc(F)cc3)CC2)nc1C. The van der Waals surface area contributed by atoms with Crippen molar-refractivity contribution >= 4 is 11.8 Å². The Hall–Kier alpha value is -2.43. The number of aryl methyl sites for hydroxylation is 1. The molecular formula is C19H21FN2O2. The average molecular weight is 328 g/mol. The summed E-state index contributed by atoms with van der Waals surface area (Å²) in [6.07, 6.45) is 2.01. The molecule has 0 amide bonds. The van der Waals surface area contributed by atoms with Crippen LogP contribution in [0.1, 0.15) is 40.4 Å². The van der Waals surface area contributed by atoms with E-state index in [9.17, 15) is 9.18 Å². The number of carbonyl (C=O) groups is 1. The molecule has 0 unspecified atom stereocenters. The Bertz CT molecular complexity index is 723. The number of methoxy groups -OCH3 is 1. The number of hydrogen-bond acceptors (Lipinski definition) is 4. The lowest BCUT2D eigenvalue weighted by atomic mass is 9.89. The monoisotopic (exact) mass is 328 g/mol. The molecule has 2 aromatic rings. The molecule has 1 aromatic heterocycles. The van der Waals surface area contributed by atoms with Crippen molar-refractivity contribution in [2.24, 2.45) is 0 Å². The molecule has 1 fully saturated rings. The van der Waals surface area contributed by atoms with Crippen LogP contribution in [0.15, 0.2) is 36.4 Å². The molecule has 0 atom stereocenters. The number of carbonyl (C=O) groups excluding carboxylic acids is 1. The predicted octanol–water partition coefficient (Wildman–Crippen LogP) is 3.70. The van der Waals surface area contributed by atoms with E-state index < -0.39 is 0 Å². The topological polar surface area (TPSA) is 42.4 Å². The van der Waals surface area contributed by atoms with Gasteiger partial charge in [0.2, 0.25) is 0 Å². The number of ether oxygens (including phenoxy) is 1. The molecule has 5 heteroatoms. The number of pyridine rings is 1. The number of rotatable bonds is 3. The minimum Gasteiger partial charge on any atom is -0.465 e. The number of piperidine rings is 1. The van der Waals surface area contributed by atoms with Gasteiger partial charge < -0.3 is 9.64 Å². The van der Waals surface area contributed by atoms with Crippen molar-refractivity contribution in [1.29, 1.82) is 0 Å². The van der Waals surface area contributed by atoms with E-state index in [0.29, 0.717) is 17.2 Å². The van der Waals surface area contributed by atoms with Crippen molar-refractivity contribution < 1.29 is 13.9 Å². The predicted molar refractivity (Wildman–Crippen MR) is 90.9 cm³/mol. The average Bonchev–Trinajstić information content (AvgIpc) is 2.62. The van der Waals surface area contributed by atoms with Crippen LogP contribution in [-0.4, -0.2) is 31.2 Å². The Morgan fingerprint density at radius 1 is 1.17 bits per heavy atom. The number of benzene rings is 1. The largest absolute Gasteiger partial charge is 0.465 e. The lowest BCUT2D eigenvalue weighted by molar-refractivity contribution is 0.0599. The molecule has 1 aliphatic rings. The molecule has 0 N–H and O–H groups in total. The molecule has 2 heterocycles. The Labute approximate surface area is 141 Å². The van der Waals surface area contributed by atoms with Crippen molar-refractivity contribution in [1.82, 2.24) is 4.98 Å². The number of esters is 1. The quantitative estimate of drug-likeness (QED) is 0.806. The second-order valence-electron chi connectivity index (χ2n) is 6.11. The normalized spacial score (nSPS) is 15.4. The van der Waals surface area contributed by atoms with E-state index in [2.05, 4.69) is 9.88 Å². The van der Waals surface area contributed by atoms with Gasteiger partial charge in [-0.25, -0.2) is 14.2 Å². The van der Waals surface area contributed by atoms with E-state index in [0.717, 1.165) is 31.7 Å². The van der Waals surface area contributed by atoms with E-state index in [-0.39, 0.29) is 11.8 Å². The summed E-state index contributed by atoms with van der Waals surface area (Å²) in [6.45, 7) is 3.61. The molecule has 4 nitrogen and oxygen atoms in total. The number of hydrogen-bond donors (Lipinski definition) is 0. The highest BCUT2D eigenvalue weighted by molar-refractivity contribution is 5.90. The van der Waals surface area contributed by atoms with Crippen LogP contribution in [0, 0.1) is 12.7 Å². The van der Waals surface area contributed by atoms with Crippen molar-refractivity contribution in [3.63, 3.8) is 0 Å². The zero-order valence-electron chi connectivity index (χ0n) is 14.0. The van der Waals surface area contributed by atoms with Gasteiger partial charge in [-0.15, -0.1) is 0 Å². The molecule has 1 aromatic carbocycles. The van der Waals surface area contributed by atoms with E-state index in [1.165, 1.54) is 24.8 Å². The highest BCUT2D eigenvalue weighted by atomic mass is 19.1. The van der Waals surface area contributed by atoms with Gasteiger partial charge in [-0.2, -0.15) is 0 Å². The summed E-state index contributed by atoms with van der Waals surface area (Å²) in [5.74, 6) is 0.790. The fourth-order valence-corrected chi connectivity index (χ4v) is 3.23.